The van der Waals surface area contributed by atoms with Gasteiger partial charge in [-0.1, -0.05) is 106 Å². The van der Waals surface area contributed by atoms with Gasteiger partial charge in [-0.3, -0.25) is 9.59 Å². The van der Waals surface area contributed by atoms with Crippen LogP contribution in [0.3, 0.4) is 0 Å². The fourth-order valence-corrected chi connectivity index (χ4v) is 13.4. The molecule has 2 saturated carbocycles. The van der Waals surface area contributed by atoms with Crippen LogP contribution in [0.4, 0.5) is 4.79 Å². The molecule has 0 radical (unpaired) electrons. The number of unbranched alkanes of at least 4 members (excludes halogenated alkanes) is 1. The first kappa shape index (κ1) is 52.1. The van der Waals surface area contributed by atoms with Gasteiger partial charge in [-0.05, 0) is 72.0 Å². The molecular formula is C53H66N2O12S2. The highest BCUT2D eigenvalue weighted by molar-refractivity contribution is 8.76. The van der Waals surface area contributed by atoms with Crippen molar-refractivity contribution in [3.63, 3.8) is 0 Å². The normalized spacial score (nSPS) is 29.9. The molecule has 0 spiro atoms. The third kappa shape index (κ3) is 9.85. The number of aliphatic hydroxyl groups is 1. The zero-order valence-electron chi connectivity index (χ0n) is 41.0. The Morgan fingerprint density at radius 3 is 2.26 bits per heavy atom. The minimum atomic E-state index is -2.11. The van der Waals surface area contributed by atoms with Gasteiger partial charge in [0.1, 0.15) is 34.7 Å². The molecule has 2 unspecified atom stereocenters. The van der Waals surface area contributed by atoms with E-state index in [1.165, 1.54) is 24.8 Å². The van der Waals surface area contributed by atoms with Crippen LogP contribution in [0.25, 0.3) is 0 Å². The van der Waals surface area contributed by atoms with Gasteiger partial charge in [0.05, 0.1) is 29.6 Å². The van der Waals surface area contributed by atoms with Crippen molar-refractivity contribution in [2.24, 2.45) is 22.7 Å². The van der Waals surface area contributed by atoms with Crippen molar-refractivity contribution >= 4 is 51.4 Å². The number of nitrogens with zero attached hydrogens (tertiary/aromatic N) is 2. The number of esters is 3. The van der Waals surface area contributed by atoms with Crippen LogP contribution in [0.5, 0.6) is 0 Å². The number of amides is 1. The van der Waals surface area contributed by atoms with E-state index in [9.17, 15) is 19.5 Å². The van der Waals surface area contributed by atoms with Gasteiger partial charge in [-0.2, -0.15) is 0 Å². The maximum Gasteiger partial charge on any atom is 0.410 e. The number of pyridine rings is 1. The predicted molar refractivity (Wildman–Crippen MR) is 261 cm³/mol. The second-order valence-electron chi connectivity index (χ2n) is 19.5. The molecule has 1 aromatic heterocycles. The van der Waals surface area contributed by atoms with Gasteiger partial charge >= 0.3 is 24.0 Å². The van der Waals surface area contributed by atoms with E-state index in [0.29, 0.717) is 36.4 Å². The molecule has 372 valence electrons. The Hall–Kier alpha value is -4.74. The molecule has 14 nitrogen and oxygen atoms in total. The summed E-state index contributed by atoms with van der Waals surface area (Å²) in [5.74, 6) is -4.81. The Balaban J connectivity index is 1.29. The summed E-state index contributed by atoms with van der Waals surface area (Å²) in [7, 11) is 4.56. The maximum atomic E-state index is 15.7. The van der Waals surface area contributed by atoms with Crippen molar-refractivity contribution in [1.82, 2.24) is 9.88 Å². The summed E-state index contributed by atoms with van der Waals surface area (Å²) in [5, 5.41) is 14.8. The minimum Gasteiger partial charge on any atom is -0.455 e. The fourth-order valence-electron chi connectivity index (χ4n) is 11.6. The lowest BCUT2D eigenvalue weighted by molar-refractivity contribution is -0.346. The van der Waals surface area contributed by atoms with Crippen LogP contribution < -0.4 is 0 Å². The third-order valence-electron chi connectivity index (χ3n) is 15.2. The zero-order valence-corrected chi connectivity index (χ0v) is 42.6. The Bertz CT molecular complexity index is 2370. The zero-order chi connectivity index (χ0) is 49.9. The van der Waals surface area contributed by atoms with Crippen LogP contribution in [-0.2, 0) is 42.8 Å². The lowest BCUT2D eigenvalue weighted by atomic mass is 9.43. The van der Waals surface area contributed by atoms with Gasteiger partial charge in [0, 0.05) is 69.2 Å². The van der Waals surface area contributed by atoms with E-state index in [4.69, 9.17) is 28.4 Å². The number of carbonyl (C=O) groups excluding carboxylic acids is 5. The number of ether oxygens (including phenoxy) is 6. The van der Waals surface area contributed by atoms with E-state index in [2.05, 4.69) is 4.98 Å². The second kappa shape index (κ2) is 21.3. The monoisotopic (exact) mass is 986 g/mol. The fraction of sp³-hybridized carbons (Fsp3) is 0.547. The first-order valence-corrected chi connectivity index (χ1v) is 26.2. The van der Waals surface area contributed by atoms with Gasteiger partial charge in [0.15, 0.2) is 5.60 Å². The molecule has 4 aliphatic rings. The molecule has 16 heteroatoms. The van der Waals surface area contributed by atoms with E-state index < -0.39 is 94.3 Å². The molecule has 1 saturated heterocycles. The number of Topliss-reactive ketones (excluding diaryl/α,β-unsaturated/α-hetero) is 1. The summed E-state index contributed by atoms with van der Waals surface area (Å²) in [6, 6.07) is 23.2. The molecule has 3 fully saturated rings. The number of methoxy groups -OCH3 is 1. The molecule has 1 N–H and O–H groups in total. The predicted octanol–water partition coefficient (Wildman–Crippen LogP) is 8.81. The molecule has 2 aromatic carbocycles. The minimum absolute atomic E-state index is 0.132. The molecule has 11 atom stereocenters. The molecule has 1 aliphatic heterocycles. The Kier molecular flexibility index (Phi) is 16.1. The standard InChI is InChI=1S/C53H66N2O12S2/c1-10-11-26-55(27-28-68-69-41-24-18-19-25-54-41)49(60)65-43(32(2)36-20-14-12-15-21-36)48(59)64-38-30-53(61)46(66-47(58)37-22-16-13-17-23-37)44-51(8,45(57)34(4)42(33(38)3)50(53,6)7)39(62-9)29-40-52(44,31-63-40)67-35(5)56/h12-25,32,34,38-40,43-44,46,61H,10-11,26-31H2,1-9H3/t32-,34+,38?,39-,40+,43?,44-,46-,51+,52-,53+/m0/s1. The van der Waals surface area contributed by atoms with E-state index >= 15 is 9.59 Å². The van der Waals surface area contributed by atoms with Crippen LogP contribution in [0.15, 0.2) is 101 Å². The maximum absolute atomic E-state index is 15.7. The van der Waals surface area contributed by atoms with Crippen LogP contribution in [0.1, 0.15) is 103 Å². The van der Waals surface area contributed by atoms with Crippen molar-refractivity contribution in [1.29, 1.82) is 0 Å². The average molecular weight is 987 g/mol. The van der Waals surface area contributed by atoms with E-state index in [1.54, 1.807) is 93.8 Å². The summed E-state index contributed by atoms with van der Waals surface area (Å²) < 4.78 is 37.9. The summed E-state index contributed by atoms with van der Waals surface area (Å²) in [4.78, 5) is 78.6. The average Bonchev–Trinajstić information content (AvgIpc) is 3.33. The Labute approximate surface area is 413 Å². The number of carbonyl (C=O) groups is 5. The summed E-state index contributed by atoms with van der Waals surface area (Å²) in [6.07, 6.45) is -3.34. The molecule has 3 aliphatic carbocycles. The first-order chi connectivity index (χ1) is 32.8. The molecular weight excluding hydrogens is 921 g/mol. The molecule has 69 heavy (non-hydrogen) atoms. The second-order valence-corrected chi connectivity index (χ2v) is 22.0. The Morgan fingerprint density at radius 2 is 1.65 bits per heavy atom. The SMILES string of the molecule is CCCCN(CCSSc1ccccn1)C(=O)OC(C(=O)OC1C[C@@]2(O)[C@@H](OC(=O)c3ccccc3)[C@@H]3[C@]4(OC(C)=O)CO[C@@H]4C[C@H](OC)[C@@]3(C)C(=O)[C@H](C)C(=C1C)C2(C)C)[C@@H](C)c1ccccc1. The van der Waals surface area contributed by atoms with E-state index in [-0.39, 0.29) is 30.8 Å². The van der Waals surface area contributed by atoms with Crippen molar-refractivity contribution in [3.8, 4) is 0 Å². The molecule has 3 aromatic rings. The third-order valence-corrected chi connectivity index (χ3v) is 17.5. The van der Waals surface area contributed by atoms with Gasteiger partial charge in [-0.15, -0.1) is 0 Å². The number of rotatable bonds is 17. The van der Waals surface area contributed by atoms with Gasteiger partial charge in [0.2, 0.25) is 6.10 Å². The number of benzene rings is 2. The van der Waals surface area contributed by atoms with Crippen molar-refractivity contribution in [3.05, 3.63) is 107 Å². The molecule has 1 amide bonds. The topological polar surface area (TPSA) is 177 Å². The van der Waals surface area contributed by atoms with Gasteiger partial charge < -0.3 is 38.4 Å². The van der Waals surface area contributed by atoms with Crippen molar-refractivity contribution in [2.75, 3.05) is 32.6 Å². The number of ketones is 1. The number of aromatic nitrogens is 1. The van der Waals surface area contributed by atoms with Crippen LogP contribution in [-0.4, -0.2) is 119 Å². The number of hydrogen-bond acceptors (Lipinski definition) is 15. The lowest BCUT2D eigenvalue weighted by Gasteiger charge is -2.68. The van der Waals surface area contributed by atoms with Gasteiger partial charge in [-0.25, -0.2) is 19.4 Å². The van der Waals surface area contributed by atoms with E-state index in [1.807, 2.05) is 55.5 Å². The van der Waals surface area contributed by atoms with E-state index in [0.717, 1.165) is 17.0 Å². The van der Waals surface area contributed by atoms with Crippen LogP contribution >= 0.6 is 21.6 Å². The van der Waals surface area contributed by atoms with Crippen molar-refractivity contribution in [2.45, 2.75) is 134 Å². The smallest absolute Gasteiger partial charge is 0.410 e. The first-order valence-electron chi connectivity index (χ1n) is 23.8. The number of fused-ring (bicyclic) bond motifs is 5. The molecule has 2 bridgehead atoms. The lowest BCUT2D eigenvalue weighted by Crippen LogP contribution is -2.81. The van der Waals surface area contributed by atoms with Crippen LogP contribution in [0, 0.1) is 22.7 Å². The summed E-state index contributed by atoms with van der Waals surface area (Å²) >= 11 is 0. The number of hydrogen-bond donors (Lipinski definition) is 1. The highest BCUT2D eigenvalue weighted by Gasteiger charge is 2.78. The molecule has 2 heterocycles. The molecule has 7 rings (SSSR count). The van der Waals surface area contributed by atoms with Crippen molar-refractivity contribution < 1.29 is 57.5 Å². The summed E-state index contributed by atoms with van der Waals surface area (Å²) in [5.41, 5.74) is -4.54. The quantitative estimate of drug-likeness (QED) is 0.0446. The Morgan fingerprint density at radius 1 is 0.971 bits per heavy atom. The van der Waals surface area contributed by atoms with Gasteiger partial charge in [0.25, 0.3) is 0 Å². The summed E-state index contributed by atoms with van der Waals surface area (Å²) in [6.45, 7) is 14.6. The van der Waals surface area contributed by atoms with Crippen LogP contribution in [0.2, 0.25) is 0 Å². The largest absolute Gasteiger partial charge is 0.455 e. The highest BCUT2D eigenvalue weighted by Crippen LogP contribution is 2.65. The highest BCUT2D eigenvalue weighted by atomic mass is 33.1.